The number of thiophene rings is 1. The number of piperidine rings is 1. The van der Waals surface area contributed by atoms with Gasteiger partial charge in [0.05, 0.1) is 10.4 Å². The summed E-state index contributed by atoms with van der Waals surface area (Å²) >= 11 is 7.86. The fourth-order valence-electron chi connectivity index (χ4n) is 3.39. The van der Waals surface area contributed by atoms with Gasteiger partial charge in [-0.25, -0.2) is 4.98 Å². The summed E-state index contributed by atoms with van der Waals surface area (Å²) < 4.78 is 0. The predicted octanol–water partition coefficient (Wildman–Crippen LogP) is 4.34. The molecule has 0 saturated carbocycles. The highest BCUT2D eigenvalue weighted by Crippen LogP contribution is 2.23. The fourth-order valence-corrected chi connectivity index (χ4v) is 4.22. The van der Waals surface area contributed by atoms with Crippen LogP contribution in [0.5, 0.6) is 0 Å². The van der Waals surface area contributed by atoms with Crippen LogP contribution in [0.3, 0.4) is 0 Å². The number of aromatic nitrogens is 1. The highest BCUT2D eigenvalue weighted by atomic mass is 35.5. The first-order valence-corrected chi connectivity index (χ1v) is 10.1. The van der Waals surface area contributed by atoms with E-state index in [0.29, 0.717) is 5.15 Å². The van der Waals surface area contributed by atoms with Gasteiger partial charge in [0.15, 0.2) is 0 Å². The number of amides is 1. The number of benzene rings is 1. The number of likely N-dealkylation sites (tertiary alicyclic amines) is 1. The number of halogens is 1. The summed E-state index contributed by atoms with van der Waals surface area (Å²) in [6.07, 6.45) is 1.91. The third kappa shape index (κ3) is 3.90. The van der Waals surface area contributed by atoms with Crippen molar-refractivity contribution in [2.75, 3.05) is 13.1 Å². The Morgan fingerprint density at radius 2 is 2.04 bits per heavy atom. The minimum Gasteiger partial charge on any atom is -0.349 e. The molecule has 1 aromatic carbocycles. The molecule has 1 amide bonds. The number of para-hydroxylation sites is 1. The first kappa shape index (κ1) is 17.5. The van der Waals surface area contributed by atoms with Crippen molar-refractivity contribution in [1.82, 2.24) is 15.2 Å². The zero-order chi connectivity index (χ0) is 17.9. The molecule has 0 bridgehead atoms. The summed E-state index contributed by atoms with van der Waals surface area (Å²) in [7, 11) is 0. The predicted molar refractivity (Wildman–Crippen MR) is 107 cm³/mol. The van der Waals surface area contributed by atoms with Crippen molar-refractivity contribution < 1.29 is 4.79 Å². The van der Waals surface area contributed by atoms with E-state index in [1.165, 1.54) is 11.3 Å². The molecule has 26 heavy (non-hydrogen) atoms. The third-order valence-corrected chi connectivity index (χ3v) is 6.01. The van der Waals surface area contributed by atoms with Gasteiger partial charge in [-0.1, -0.05) is 35.9 Å². The first-order chi connectivity index (χ1) is 12.7. The van der Waals surface area contributed by atoms with Gasteiger partial charge in [0.1, 0.15) is 5.15 Å². The molecule has 0 radical (unpaired) electrons. The molecule has 0 unspecified atom stereocenters. The number of pyridine rings is 1. The van der Waals surface area contributed by atoms with Gasteiger partial charge < -0.3 is 5.32 Å². The molecule has 1 aliphatic rings. The number of carbonyl (C=O) groups excluding carboxylic acids is 1. The van der Waals surface area contributed by atoms with Crippen molar-refractivity contribution in [2.45, 2.75) is 25.4 Å². The van der Waals surface area contributed by atoms with E-state index >= 15 is 0 Å². The van der Waals surface area contributed by atoms with Gasteiger partial charge >= 0.3 is 0 Å². The van der Waals surface area contributed by atoms with Crippen molar-refractivity contribution in [1.29, 1.82) is 0 Å². The van der Waals surface area contributed by atoms with Crippen LogP contribution in [0.25, 0.3) is 10.9 Å². The Hall–Kier alpha value is -1.95. The standard InChI is InChI=1S/C20H20ClN3OS/c21-19-15(12-14-4-1-2-5-17(14)23-19)13-24-9-7-16(8-10-24)22-20(25)18-6-3-11-26-18/h1-6,11-12,16H,7-10,13H2,(H,22,25). The van der Waals surface area contributed by atoms with Crippen LogP contribution in [-0.2, 0) is 6.54 Å². The van der Waals surface area contributed by atoms with Crippen molar-refractivity contribution in [3.05, 3.63) is 63.4 Å². The molecule has 6 heteroatoms. The monoisotopic (exact) mass is 385 g/mol. The van der Waals surface area contributed by atoms with E-state index in [0.717, 1.165) is 53.8 Å². The number of fused-ring (bicyclic) bond motifs is 1. The first-order valence-electron chi connectivity index (χ1n) is 8.80. The van der Waals surface area contributed by atoms with Crippen molar-refractivity contribution in [2.24, 2.45) is 0 Å². The molecule has 4 rings (SSSR count). The van der Waals surface area contributed by atoms with E-state index in [9.17, 15) is 4.79 Å². The molecule has 1 aliphatic heterocycles. The van der Waals surface area contributed by atoms with Gasteiger partial charge in [-0.15, -0.1) is 11.3 Å². The van der Waals surface area contributed by atoms with Crippen molar-refractivity contribution in [3.8, 4) is 0 Å². The van der Waals surface area contributed by atoms with Crippen LogP contribution in [0.4, 0.5) is 0 Å². The Labute approximate surface area is 161 Å². The second-order valence-corrected chi connectivity index (χ2v) is 7.94. The SMILES string of the molecule is O=C(NC1CCN(Cc2cc3ccccc3nc2Cl)CC1)c1cccs1. The number of hydrogen-bond donors (Lipinski definition) is 1. The molecule has 2 aromatic heterocycles. The molecule has 0 spiro atoms. The van der Waals surface area contributed by atoms with E-state index < -0.39 is 0 Å². The Morgan fingerprint density at radius 1 is 1.23 bits per heavy atom. The van der Waals surface area contributed by atoms with E-state index in [4.69, 9.17) is 11.6 Å². The maximum Gasteiger partial charge on any atom is 0.261 e. The van der Waals surface area contributed by atoms with Crippen LogP contribution in [0.1, 0.15) is 28.1 Å². The lowest BCUT2D eigenvalue weighted by Gasteiger charge is -2.32. The molecule has 3 heterocycles. The highest BCUT2D eigenvalue weighted by molar-refractivity contribution is 7.12. The average Bonchev–Trinajstić information content (AvgIpc) is 3.19. The van der Waals surface area contributed by atoms with Crippen LogP contribution >= 0.6 is 22.9 Å². The lowest BCUT2D eigenvalue weighted by molar-refractivity contribution is 0.0913. The van der Waals surface area contributed by atoms with E-state index in [1.807, 2.05) is 35.7 Å². The summed E-state index contributed by atoms with van der Waals surface area (Å²) in [6.45, 7) is 2.68. The van der Waals surface area contributed by atoms with Gasteiger partial charge in [-0.2, -0.15) is 0 Å². The van der Waals surface area contributed by atoms with Crippen molar-refractivity contribution in [3.63, 3.8) is 0 Å². The summed E-state index contributed by atoms with van der Waals surface area (Å²) in [5.74, 6) is 0.0419. The molecule has 4 nitrogen and oxygen atoms in total. The smallest absolute Gasteiger partial charge is 0.261 e. The van der Waals surface area contributed by atoms with Crippen LogP contribution in [0, 0.1) is 0 Å². The number of rotatable bonds is 4. The fraction of sp³-hybridized carbons (Fsp3) is 0.300. The summed E-state index contributed by atoms with van der Waals surface area (Å²) in [5, 5.41) is 6.77. The Morgan fingerprint density at radius 3 is 2.81 bits per heavy atom. The minimum atomic E-state index is 0.0419. The Bertz CT molecular complexity index is 905. The number of nitrogens with one attached hydrogen (secondary N) is 1. The molecule has 3 aromatic rings. The van der Waals surface area contributed by atoms with E-state index in [-0.39, 0.29) is 11.9 Å². The number of hydrogen-bond acceptors (Lipinski definition) is 4. The average molecular weight is 386 g/mol. The molecule has 0 aliphatic carbocycles. The second kappa shape index (κ2) is 7.74. The lowest BCUT2D eigenvalue weighted by atomic mass is 10.0. The maximum atomic E-state index is 12.2. The van der Waals surface area contributed by atoms with E-state index in [1.54, 1.807) is 0 Å². The highest BCUT2D eigenvalue weighted by Gasteiger charge is 2.22. The molecule has 134 valence electrons. The van der Waals surface area contributed by atoms with Gasteiger partial charge in [-0.05, 0) is 36.4 Å². The van der Waals surface area contributed by atoms with Crippen LogP contribution in [0.2, 0.25) is 5.15 Å². The van der Waals surface area contributed by atoms with Gasteiger partial charge in [0.2, 0.25) is 0 Å². The van der Waals surface area contributed by atoms with Gasteiger partial charge in [-0.3, -0.25) is 9.69 Å². The van der Waals surface area contributed by atoms with Crippen LogP contribution < -0.4 is 5.32 Å². The minimum absolute atomic E-state index is 0.0419. The molecular formula is C20H20ClN3OS. The quantitative estimate of drug-likeness (QED) is 0.679. The molecule has 1 fully saturated rings. The Balaban J connectivity index is 1.35. The topological polar surface area (TPSA) is 45.2 Å². The summed E-state index contributed by atoms with van der Waals surface area (Å²) in [6, 6.07) is 14.2. The van der Waals surface area contributed by atoms with E-state index in [2.05, 4.69) is 27.3 Å². The van der Waals surface area contributed by atoms with Crippen LogP contribution in [-0.4, -0.2) is 34.9 Å². The lowest BCUT2D eigenvalue weighted by Crippen LogP contribution is -2.44. The van der Waals surface area contributed by atoms with Crippen molar-refractivity contribution >= 4 is 39.7 Å². The largest absolute Gasteiger partial charge is 0.349 e. The van der Waals surface area contributed by atoms with Gasteiger partial charge in [0.25, 0.3) is 5.91 Å². The summed E-state index contributed by atoms with van der Waals surface area (Å²) in [5.41, 5.74) is 1.99. The number of carbonyl (C=O) groups is 1. The molecule has 1 N–H and O–H groups in total. The van der Waals surface area contributed by atoms with Crippen LogP contribution in [0.15, 0.2) is 47.8 Å². The summed E-state index contributed by atoms with van der Waals surface area (Å²) in [4.78, 5) is 19.8. The zero-order valence-corrected chi connectivity index (χ0v) is 15.9. The second-order valence-electron chi connectivity index (χ2n) is 6.63. The normalized spacial score (nSPS) is 16.0. The third-order valence-electron chi connectivity index (χ3n) is 4.81. The zero-order valence-electron chi connectivity index (χ0n) is 14.3. The Kier molecular flexibility index (Phi) is 5.20. The molecular weight excluding hydrogens is 366 g/mol. The molecule has 1 saturated heterocycles. The molecule has 0 atom stereocenters. The van der Waals surface area contributed by atoms with Gasteiger partial charge in [0, 0.05) is 36.6 Å². The number of nitrogens with zero attached hydrogens (tertiary/aromatic N) is 2. The maximum absolute atomic E-state index is 12.2.